The lowest BCUT2D eigenvalue weighted by Crippen LogP contribution is -2.33. The first-order valence-corrected chi connectivity index (χ1v) is 8.34. The first-order chi connectivity index (χ1) is 9.72. The number of benzene rings is 1. The summed E-state index contributed by atoms with van der Waals surface area (Å²) in [5.41, 5.74) is 2.70. The molecule has 1 aliphatic carbocycles. The minimum atomic E-state index is 0.646. The SMILES string of the molecule is CC1CCC(C)C(Nc2cccc(N3CCCC3)c2)C1. The first kappa shape index (κ1) is 13.8. The molecule has 0 bridgehead atoms. The molecule has 2 nitrogen and oxygen atoms in total. The van der Waals surface area contributed by atoms with Gasteiger partial charge in [0.1, 0.15) is 0 Å². The fourth-order valence-corrected chi connectivity index (χ4v) is 3.72. The molecule has 2 heteroatoms. The molecule has 110 valence electrons. The van der Waals surface area contributed by atoms with Crippen LogP contribution in [0.15, 0.2) is 24.3 Å². The van der Waals surface area contributed by atoms with E-state index in [9.17, 15) is 0 Å². The lowest BCUT2D eigenvalue weighted by molar-refractivity contribution is 0.281. The second-order valence-electron chi connectivity index (χ2n) is 6.89. The number of hydrogen-bond acceptors (Lipinski definition) is 2. The molecule has 3 unspecified atom stereocenters. The third-order valence-corrected chi connectivity index (χ3v) is 5.13. The van der Waals surface area contributed by atoms with Crippen LogP contribution in [0.2, 0.25) is 0 Å². The molecule has 0 spiro atoms. The molecule has 20 heavy (non-hydrogen) atoms. The molecule has 3 rings (SSSR count). The van der Waals surface area contributed by atoms with Crippen molar-refractivity contribution in [3.63, 3.8) is 0 Å². The van der Waals surface area contributed by atoms with E-state index in [0.717, 1.165) is 11.8 Å². The van der Waals surface area contributed by atoms with Crippen LogP contribution < -0.4 is 10.2 Å². The Bertz CT molecular complexity index is 437. The van der Waals surface area contributed by atoms with E-state index >= 15 is 0 Å². The summed E-state index contributed by atoms with van der Waals surface area (Å²) >= 11 is 0. The second-order valence-corrected chi connectivity index (χ2v) is 6.89. The standard InChI is InChI=1S/C18H28N2/c1-14-8-9-15(2)18(12-14)19-16-6-5-7-17(13-16)20-10-3-4-11-20/h5-7,13-15,18-19H,3-4,8-12H2,1-2H3. The van der Waals surface area contributed by atoms with Crippen LogP contribution in [0.3, 0.4) is 0 Å². The van der Waals surface area contributed by atoms with Crippen LogP contribution in [0.5, 0.6) is 0 Å². The molecule has 0 amide bonds. The number of nitrogens with zero attached hydrogens (tertiary/aromatic N) is 1. The Morgan fingerprint density at radius 2 is 1.90 bits per heavy atom. The van der Waals surface area contributed by atoms with Gasteiger partial charge in [-0.05, 0) is 55.7 Å². The lowest BCUT2D eigenvalue weighted by Gasteiger charge is -2.34. The highest BCUT2D eigenvalue weighted by atomic mass is 15.1. The van der Waals surface area contributed by atoms with Gasteiger partial charge < -0.3 is 10.2 Å². The number of nitrogens with one attached hydrogen (secondary N) is 1. The van der Waals surface area contributed by atoms with Crippen molar-refractivity contribution in [2.45, 2.75) is 52.0 Å². The van der Waals surface area contributed by atoms with Gasteiger partial charge in [0.2, 0.25) is 0 Å². The molecule has 1 saturated carbocycles. The average molecular weight is 272 g/mol. The monoisotopic (exact) mass is 272 g/mol. The zero-order chi connectivity index (χ0) is 13.9. The molecule has 1 saturated heterocycles. The summed E-state index contributed by atoms with van der Waals surface area (Å²) in [6.45, 7) is 7.23. The van der Waals surface area contributed by atoms with Crippen LogP contribution in [0.4, 0.5) is 11.4 Å². The Morgan fingerprint density at radius 3 is 2.70 bits per heavy atom. The molecular formula is C18H28N2. The smallest absolute Gasteiger partial charge is 0.0386 e. The van der Waals surface area contributed by atoms with Gasteiger partial charge in [-0.25, -0.2) is 0 Å². The van der Waals surface area contributed by atoms with Crippen molar-refractivity contribution in [3.8, 4) is 0 Å². The van der Waals surface area contributed by atoms with Gasteiger partial charge in [0.25, 0.3) is 0 Å². The van der Waals surface area contributed by atoms with Crippen LogP contribution in [0.25, 0.3) is 0 Å². The highest BCUT2D eigenvalue weighted by Crippen LogP contribution is 2.31. The van der Waals surface area contributed by atoms with E-state index in [-0.39, 0.29) is 0 Å². The molecule has 1 aromatic rings. The summed E-state index contributed by atoms with van der Waals surface area (Å²) in [5.74, 6) is 1.66. The summed E-state index contributed by atoms with van der Waals surface area (Å²) in [5, 5.41) is 3.80. The molecule has 2 aliphatic rings. The summed E-state index contributed by atoms with van der Waals surface area (Å²) in [6.07, 6.45) is 6.76. The summed E-state index contributed by atoms with van der Waals surface area (Å²) < 4.78 is 0. The number of anilines is 2. The minimum absolute atomic E-state index is 0.646. The maximum atomic E-state index is 3.80. The van der Waals surface area contributed by atoms with Crippen LogP contribution in [0, 0.1) is 11.8 Å². The maximum Gasteiger partial charge on any atom is 0.0386 e. The summed E-state index contributed by atoms with van der Waals surface area (Å²) in [6, 6.07) is 9.67. The van der Waals surface area contributed by atoms with Crippen LogP contribution in [-0.2, 0) is 0 Å². The van der Waals surface area contributed by atoms with Gasteiger partial charge in [0.05, 0.1) is 0 Å². The van der Waals surface area contributed by atoms with Crippen molar-refractivity contribution in [1.29, 1.82) is 0 Å². The number of rotatable bonds is 3. The van der Waals surface area contributed by atoms with Gasteiger partial charge in [-0.1, -0.05) is 26.3 Å². The van der Waals surface area contributed by atoms with E-state index in [1.165, 1.54) is 56.6 Å². The average Bonchev–Trinajstić information content (AvgIpc) is 2.97. The van der Waals surface area contributed by atoms with Crippen molar-refractivity contribution >= 4 is 11.4 Å². The van der Waals surface area contributed by atoms with Crippen molar-refractivity contribution in [3.05, 3.63) is 24.3 Å². The Kier molecular flexibility index (Phi) is 4.18. The Hall–Kier alpha value is -1.18. The maximum absolute atomic E-state index is 3.80. The van der Waals surface area contributed by atoms with Crippen LogP contribution in [0.1, 0.15) is 46.0 Å². The fourth-order valence-electron chi connectivity index (χ4n) is 3.72. The summed E-state index contributed by atoms with van der Waals surface area (Å²) in [4.78, 5) is 2.51. The molecular weight excluding hydrogens is 244 g/mol. The molecule has 1 N–H and O–H groups in total. The van der Waals surface area contributed by atoms with Crippen molar-refractivity contribution in [2.24, 2.45) is 11.8 Å². The van der Waals surface area contributed by atoms with E-state index in [4.69, 9.17) is 0 Å². The van der Waals surface area contributed by atoms with Gasteiger partial charge in [-0.2, -0.15) is 0 Å². The lowest BCUT2D eigenvalue weighted by atomic mass is 9.80. The van der Waals surface area contributed by atoms with Crippen LogP contribution in [-0.4, -0.2) is 19.1 Å². The van der Waals surface area contributed by atoms with E-state index < -0.39 is 0 Å². The second kappa shape index (κ2) is 6.07. The number of hydrogen-bond donors (Lipinski definition) is 1. The van der Waals surface area contributed by atoms with Gasteiger partial charge in [-0.3, -0.25) is 0 Å². The molecule has 0 radical (unpaired) electrons. The third kappa shape index (κ3) is 3.11. The normalized spacial score (nSPS) is 30.5. The van der Waals surface area contributed by atoms with E-state index in [0.29, 0.717) is 6.04 Å². The molecule has 2 fully saturated rings. The molecule has 0 aromatic heterocycles. The Labute approximate surface area is 123 Å². The van der Waals surface area contributed by atoms with Gasteiger partial charge >= 0.3 is 0 Å². The molecule has 1 aliphatic heterocycles. The van der Waals surface area contributed by atoms with E-state index in [1.807, 2.05) is 0 Å². The third-order valence-electron chi connectivity index (χ3n) is 5.13. The minimum Gasteiger partial charge on any atom is -0.382 e. The van der Waals surface area contributed by atoms with Crippen molar-refractivity contribution in [1.82, 2.24) is 0 Å². The topological polar surface area (TPSA) is 15.3 Å². The quantitative estimate of drug-likeness (QED) is 0.870. The zero-order valence-corrected chi connectivity index (χ0v) is 12.9. The highest BCUT2D eigenvalue weighted by Gasteiger charge is 2.25. The molecule has 1 aromatic carbocycles. The Morgan fingerprint density at radius 1 is 1.10 bits per heavy atom. The zero-order valence-electron chi connectivity index (χ0n) is 12.9. The highest BCUT2D eigenvalue weighted by molar-refractivity contribution is 5.58. The molecule has 1 heterocycles. The van der Waals surface area contributed by atoms with Gasteiger partial charge in [-0.15, -0.1) is 0 Å². The fraction of sp³-hybridized carbons (Fsp3) is 0.667. The molecule has 3 atom stereocenters. The van der Waals surface area contributed by atoms with E-state index in [1.54, 1.807) is 0 Å². The van der Waals surface area contributed by atoms with Crippen molar-refractivity contribution in [2.75, 3.05) is 23.3 Å². The largest absolute Gasteiger partial charge is 0.382 e. The van der Waals surface area contributed by atoms with Crippen molar-refractivity contribution < 1.29 is 0 Å². The first-order valence-electron chi connectivity index (χ1n) is 8.34. The van der Waals surface area contributed by atoms with Gasteiger partial charge in [0, 0.05) is 30.5 Å². The predicted molar refractivity (Wildman–Crippen MR) is 87.5 cm³/mol. The summed E-state index contributed by atoms with van der Waals surface area (Å²) in [7, 11) is 0. The van der Waals surface area contributed by atoms with Gasteiger partial charge in [0.15, 0.2) is 0 Å². The van der Waals surface area contributed by atoms with Crippen LogP contribution >= 0.6 is 0 Å². The Balaban J connectivity index is 1.68. The van der Waals surface area contributed by atoms with E-state index in [2.05, 4.69) is 48.3 Å². The predicted octanol–water partition coefficient (Wildman–Crippen LogP) is 4.52.